The SMILES string of the molecule is COc1ccc(C(C)C(C)CNC2CC2)c(C)c1. The van der Waals surface area contributed by atoms with E-state index in [4.69, 9.17) is 4.74 Å². The van der Waals surface area contributed by atoms with Crippen molar-refractivity contribution in [2.75, 3.05) is 13.7 Å². The molecule has 0 radical (unpaired) electrons. The summed E-state index contributed by atoms with van der Waals surface area (Å²) in [6, 6.07) is 7.22. The largest absolute Gasteiger partial charge is 0.497 e. The molecule has 100 valence electrons. The van der Waals surface area contributed by atoms with Crippen molar-refractivity contribution < 1.29 is 4.74 Å². The molecule has 0 aliphatic heterocycles. The Balaban J connectivity index is 1.99. The molecule has 2 nitrogen and oxygen atoms in total. The van der Waals surface area contributed by atoms with Crippen molar-refractivity contribution in [3.63, 3.8) is 0 Å². The summed E-state index contributed by atoms with van der Waals surface area (Å²) >= 11 is 0. The van der Waals surface area contributed by atoms with Gasteiger partial charge in [-0.05, 0) is 61.4 Å². The highest BCUT2D eigenvalue weighted by molar-refractivity contribution is 5.36. The highest BCUT2D eigenvalue weighted by Crippen LogP contribution is 2.29. The number of nitrogens with one attached hydrogen (secondary N) is 1. The predicted octanol–water partition coefficient (Wildman–Crippen LogP) is 3.50. The average Bonchev–Trinajstić information content (AvgIpc) is 3.19. The van der Waals surface area contributed by atoms with Crippen LogP contribution in [0.2, 0.25) is 0 Å². The first-order valence-corrected chi connectivity index (χ1v) is 6.99. The molecule has 0 saturated heterocycles. The van der Waals surface area contributed by atoms with Crippen LogP contribution in [-0.2, 0) is 0 Å². The standard InChI is InChI=1S/C16H25NO/c1-11-9-15(18-4)7-8-16(11)13(3)12(2)10-17-14-5-6-14/h7-9,12-14,17H,5-6,10H2,1-4H3. The summed E-state index contributed by atoms with van der Waals surface area (Å²) in [6.45, 7) is 7.96. The summed E-state index contributed by atoms with van der Waals surface area (Å²) in [5.74, 6) is 2.20. The third kappa shape index (κ3) is 3.26. The molecule has 2 heteroatoms. The zero-order valence-electron chi connectivity index (χ0n) is 12.0. The van der Waals surface area contributed by atoms with E-state index in [1.165, 1.54) is 24.0 Å². The van der Waals surface area contributed by atoms with Gasteiger partial charge in [-0.25, -0.2) is 0 Å². The highest BCUT2D eigenvalue weighted by Gasteiger charge is 2.23. The summed E-state index contributed by atoms with van der Waals surface area (Å²) in [4.78, 5) is 0. The minimum absolute atomic E-state index is 0.585. The zero-order chi connectivity index (χ0) is 13.1. The third-order valence-electron chi connectivity index (χ3n) is 4.13. The number of hydrogen-bond acceptors (Lipinski definition) is 2. The molecule has 1 aliphatic rings. The number of benzene rings is 1. The summed E-state index contributed by atoms with van der Waals surface area (Å²) in [6.07, 6.45) is 2.73. The maximum atomic E-state index is 5.27. The van der Waals surface area contributed by atoms with Crippen LogP contribution in [-0.4, -0.2) is 19.7 Å². The number of methoxy groups -OCH3 is 1. The minimum atomic E-state index is 0.585. The van der Waals surface area contributed by atoms with Crippen LogP contribution in [0, 0.1) is 12.8 Å². The average molecular weight is 247 g/mol. The lowest BCUT2D eigenvalue weighted by molar-refractivity contribution is 0.412. The van der Waals surface area contributed by atoms with Crippen LogP contribution < -0.4 is 10.1 Å². The Labute approximate surface area is 111 Å². The molecule has 2 atom stereocenters. The van der Waals surface area contributed by atoms with Crippen LogP contribution in [0.5, 0.6) is 5.75 Å². The topological polar surface area (TPSA) is 21.3 Å². The van der Waals surface area contributed by atoms with Gasteiger partial charge in [-0.1, -0.05) is 19.9 Å². The van der Waals surface area contributed by atoms with E-state index in [1.807, 2.05) is 0 Å². The number of aryl methyl sites for hydroxylation is 1. The molecule has 0 aromatic heterocycles. The fourth-order valence-corrected chi connectivity index (χ4v) is 2.41. The van der Waals surface area contributed by atoms with Crippen molar-refractivity contribution >= 4 is 0 Å². The lowest BCUT2D eigenvalue weighted by Crippen LogP contribution is -2.26. The summed E-state index contributed by atoms with van der Waals surface area (Å²) in [5.41, 5.74) is 2.78. The first-order valence-electron chi connectivity index (χ1n) is 6.99. The Hall–Kier alpha value is -1.02. The van der Waals surface area contributed by atoms with E-state index in [0.29, 0.717) is 11.8 Å². The maximum absolute atomic E-state index is 5.27. The van der Waals surface area contributed by atoms with Gasteiger partial charge in [0.25, 0.3) is 0 Å². The normalized spacial score (nSPS) is 18.4. The maximum Gasteiger partial charge on any atom is 0.119 e. The van der Waals surface area contributed by atoms with Crippen molar-refractivity contribution in [2.24, 2.45) is 5.92 Å². The monoisotopic (exact) mass is 247 g/mol. The molecule has 1 saturated carbocycles. The van der Waals surface area contributed by atoms with E-state index < -0.39 is 0 Å². The van der Waals surface area contributed by atoms with Gasteiger partial charge >= 0.3 is 0 Å². The third-order valence-corrected chi connectivity index (χ3v) is 4.13. The van der Waals surface area contributed by atoms with Gasteiger partial charge in [-0.2, -0.15) is 0 Å². The second-order valence-corrected chi connectivity index (χ2v) is 5.67. The highest BCUT2D eigenvalue weighted by atomic mass is 16.5. The number of ether oxygens (including phenoxy) is 1. The fraction of sp³-hybridized carbons (Fsp3) is 0.625. The smallest absolute Gasteiger partial charge is 0.119 e. The van der Waals surface area contributed by atoms with Crippen molar-refractivity contribution in [3.8, 4) is 5.75 Å². The van der Waals surface area contributed by atoms with Crippen LogP contribution in [0.15, 0.2) is 18.2 Å². The molecule has 2 unspecified atom stereocenters. The summed E-state index contributed by atoms with van der Waals surface area (Å²) in [5, 5.41) is 3.62. The van der Waals surface area contributed by atoms with Crippen molar-refractivity contribution in [1.82, 2.24) is 5.32 Å². The Kier molecular flexibility index (Phi) is 4.28. The van der Waals surface area contributed by atoms with Crippen LogP contribution in [0.1, 0.15) is 43.7 Å². The Morgan fingerprint density at radius 1 is 1.33 bits per heavy atom. The predicted molar refractivity (Wildman–Crippen MR) is 76.3 cm³/mol. The second-order valence-electron chi connectivity index (χ2n) is 5.67. The van der Waals surface area contributed by atoms with Crippen molar-refractivity contribution in [2.45, 2.75) is 45.6 Å². The van der Waals surface area contributed by atoms with E-state index in [1.54, 1.807) is 7.11 Å². The molecule has 0 amide bonds. The molecule has 1 aliphatic carbocycles. The molecule has 18 heavy (non-hydrogen) atoms. The molecule has 0 heterocycles. The fourth-order valence-electron chi connectivity index (χ4n) is 2.41. The van der Waals surface area contributed by atoms with E-state index in [2.05, 4.69) is 44.3 Å². The molecular formula is C16H25NO. The summed E-state index contributed by atoms with van der Waals surface area (Å²) < 4.78 is 5.27. The van der Waals surface area contributed by atoms with Gasteiger partial charge in [-0.15, -0.1) is 0 Å². The van der Waals surface area contributed by atoms with E-state index in [-0.39, 0.29) is 0 Å². The quantitative estimate of drug-likeness (QED) is 0.830. The van der Waals surface area contributed by atoms with Gasteiger partial charge in [0.1, 0.15) is 5.75 Å². The van der Waals surface area contributed by atoms with Crippen LogP contribution in [0.3, 0.4) is 0 Å². The van der Waals surface area contributed by atoms with Crippen LogP contribution in [0.25, 0.3) is 0 Å². The number of rotatable bonds is 6. The molecular weight excluding hydrogens is 222 g/mol. The molecule has 1 aromatic rings. The molecule has 0 spiro atoms. The van der Waals surface area contributed by atoms with Crippen LogP contribution >= 0.6 is 0 Å². The molecule has 1 fully saturated rings. The molecule has 1 N–H and O–H groups in total. The lowest BCUT2D eigenvalue weighted by Gasteiger charge is -2.23. The van der Waals surface area contributed by atoms with E-state index >= 15 is 0 Å². The van der Waals surface area contributed by atoms with Crippen molar-refractivity contribution in [1.29, 1.82) is 0 Å². The van der Waals surface area contributed by atoms with Crippen LogP contribution in [0.4, 0.5) is 0 Å². The molecule has 0 bridgehead atoms. The van der Waals surface area contributed by atoms with Crippen molar-refractivity contribution in [3.05, 3.63) is 29.3 Å². The molecule has 2 rings (SSSR count). The van der Waals surface area contributed by atoms with Gasteiger partial charge in [0.05, 0.1) is 7.11 Å². The number of hydrogen-bond donors (Lipinski definition) is 1. The first kappa shape index (κ1) is 13.4. The minimum Gasteiger partial charge on any atom is -0.497 e. The van der Waals surface area contributed by atoms with Gasteiger partial charge < -0.3 is 10.1 Å². The lowest BCUT2D eigenvalue weighted by atomic mass is 9.86. The van der Waals surface area contributed by atoms with E-state index in [9.17, 15) is 0 Å². The second kappa shape index (κ2) is 5.75. The van der Waals surface area contributed by atoms with Gasteiger partial charge in [0.15, 0.2) is 0 Å². The van der Waals surface area contributed by atoms with Gasteiger partial charge in [0, 0.05) is 6.04 Å². The van der Waals surface area contributed by atoms with Gasteiger partial charge in [0.2, 0.25) is 0 Å². The van der Waals surface area contributed by atoms with E-state index in [0.717, 1.165) is 18.3 Å². The Morgan fingerprint density at radius 3 is 2.61 bits per heavy atom. The Bertz CT molecular complexity index is 398. The zero-order valence-corrected chi connectivity index (χ0v) is 12.0. The Morgan fingerprint density at radius 2 is 2.06 bits per heavy atom. The molecule has 1 aromatic carbocycles. The van der Waals surface area contributed by atoms with Gasteiger partial charge in [-0.3, -0.25) is 0 Å². The first-order chi connectivity index (χ1) is 8.61. The summed E-state index contributed by atoms with van der Waals surface area (Å²) in [7, 11) is 1.72.